The maximum atomic E-state index is 8.88. The van der Waals surface area contributed by atoms with Gasteiger partial charge in [0.05, 0.1) is 0 Å². The summed E-state index contributed by atoms with van der Waals surface area (Å²) in [7, 11) is 0. The monoisotopic (exact) mass is 222 g/mol. The van der Waals surface area contributed by atoms with Crippen molar-refractivity contribution >= 4 is 22.4 Å². The molecule has 0 aliphatic heterocycles. The predicted molar refractivity (Wildman–Crippen MR) is 61.7 cm³/mol. The normalized spacial score (nSPS) is 16.5. The minimum absolute atomic E-state index is 0.344. The number of anilines is 2. The van der Waals surface area contributed by atoms with Crippen LogP contribution in [0.2, 0.25) is 0 Å². The van der Waals surface area contributed by atoms with E-state index in [1.54, 1.807) is 0 Å². The van der Waals surface area contributed by atoms with E-state index in [-0.39, 0.29) is 0 Å². The van der Waals surface area contributed by atoms with Crippen molar-refractivity contribution < 1.29 is 0 Å². The second kappa shape index (κ2) is 4.49. The van der Waals surface area contributed by atoms with Crippen LogP contribution in [0.4, 0.5) is 10.8 Å². The van der Waals surface area contributed by atoms with Gasteiger partial charge in [-0.05, 0) is 30.3 Å². The van der Waals surface area contributed by atoms with E-state index in [2.05, 4.69) is 15.8 Å². The minimum atomic E-state index is 0.344. The van der Waals surface area contributed by atoms with Crippen LogP contribution in [0, 0.1) is 17.2 Å². The topological polar surface area (TPSA) is 74.7 Å². The molecule has 0 saturated heterocycles. The standard InChI is InChI=1S/C10H14N4S/c11-5-8-9(12)14-15-10(8)13-6-7-3-1-2-4-7/h7,13H,1-4,6H2,(H2,12,14). The van der Waals surface area contributed by atoms with Gasteiger partial charge in [-0.1, -0.05) is 12.8 Å². The van der Waals surface area contributed by atoms with Gasteiger partial charge in [-0.3, -0.25) is 0 Å². The summed E-state index contributed by atoms with van der Waals surface area (Å²) in [6.07, 6.45) is 5.26. The van der Waals surface area contributed by atoms with Gasteiger partial charge in [0.25, 0.3) is 0 Å². The predicted octanol–water partition coefficient (Wildman–Crippen LogP) is 2.20. The Kier molecular flexibility index (Phi) is 3.07. The Labute approximate surface area is 93.3 Å². The molecular formula is C10H14N4S. The molecule has 0 radical (unpaired) electrons. The fourth-order valence-electron chi connectivity index (χ4n) is 1.98. The van der Waals surface area contributed by atoms with Crippen LogP contribution in [0.15, 0.2) is 0 Å². The molecule has 1 aliphatic rings. The fraction of sp³-hybridized carbons (Fsp3) is 0.600. The molecule has 2 rings (SSSR count). The maximum absolute atomic E-state index is 8.88. The number of nitrogens with one attached hydrogen (secondary N) is 1. The molecule has 0 spiro atoms. The van der Waals surface area contributed by atoms with Crippen molar-refractivity contribution in [3.05, 3.63) is 5.56 Å². The molecule has 0 aromatic carbocycles. The summed E-state index contributed by atoms with van der Waals surface area (Å²) in [4.78, 5) is 0. The summed E-state index contributed by atoms with van der Waals surface area (Å²) in [6, 6.07) is 2.08. The lowest BCUT2D eigenvalue weighted by Crippen LogP contribution is -2.10. The number of rotatable bonds is 3. The molecule has 0 amide bonds. The van der Waals surface area contributed by atoms with Gasteiger partial charge in [0.2, 0.25) is 0 Å². The molecule has 80 valence electrons. The summed E-state index contributed by atoms with van der Waals surface area (Å²) in [5.74, 6) is 1.09. The highest BCUT2D eigenvalue weighted by atomic mass is 32.1. The molecule has 1 aliphatic carbocycles. The quantitative estimate of drug-likeness (QED) is 0.822. The molecule has 0 unspecified atom stereocenters. The van der Waals surface area contributed by atoms with E-state index < -0.39 is 0 Å². The van der Waals surface area contributed by atoms with Crippen LogP contribution in [-0.4, -0.2) is 10.9 Å². The Bertz CT molecular complexity index is 373. The first-order valence-corrected chi connectivity index (χ1v) is 5.97. The number of hydrogen-bond donors (Lipinski definition) is 2. The van der Waals surface area contributed by atoms with Crippen molar-refractivity contribution in [3.8, 4) is 6.07 Å². The second-order valence-electron chi connectivity index (χ2n) is 3.92. The van der Waals surface area contributed by atoms with E-state index in [9.17, 15) is 0 Å². The lowest BCUT2D eigenvalue weighted by molar-refractivity contribution is 0.580. The third-order valence-corrected chi connectivity index (χ3v) is 3.68. The number of aromatic nitrogens is 1. The third kappa shape index (κ3) is 2.21. The number of nitrogen functional groups attached to an aromatic ring is 1. The number of hydrogen-bond acceptors (Lipinski definition) is 5. The Hall–Kier alpha value is -1.28. The molecule has 5 heteroatoms. The summed E-state index contributed by atoms with van der Waals surface area (Å²) in [6.45, 7) is 0.941. The van der Waals surface area contributed by atoms with E-state index in [1.807, 2.05) is 0 Å². The molecule has 1 fully saturated rings. The van der Waals surface area contributed by atoms with Crippen LogP contribution in [0.5, 0.6) is 0 Å². The summed E-state index contributed by atoms with van der Waals surface area (Å²) in [5, 5.41) is 13.0. The first-order valence-electron chi connectivity index (χ1n) is 5.20. The fourth-order valence-corrected chi connectivity index (χ4v) is 2.65. The van der Waals surface area contributed by atoms with Gasteiger partial charge in [0.1, 0.15) is 16.6 Å². The minimum Gasteiger partial charge on any atom is -0.382 e. The Balaban J connectivity index is 1.95. The molecule has 1 saturated carbocycles. The smallest absolute Gasteiger partial charge is 0.157 e. The van der Waals surface area contributed by atoms with Crippen molar-refractivity contribution in [2.75, 3.05) is 17.6 Å². The van der Waals surface area contributed by atoms with Gasteiger partial charge in [0, 0.05) is 6.54 Å². The Morgan fingerprint density at radius 1 is 1.53 bits per heavy atom. The zero-order valence-corrected chi connectivity index (χ0v) is 9.31. The maximum Gasteiger partial charge on any atom is 0.157 e. The molecule has 1 heterocycles. The molecule has 1 aromatic rings. The molecule has 4 nitrogen and oxygen atoms in total. The largest absolute Gasteiger partial charge is 0.382 e. The Morgan fingerprint density at radius 2 is 2.27 bits per heavy atom. The van der Waals surface area contributed by atoms with Crippen molar-refractivity contribution in [2.45, 2.75) is 25.7 Å². The lowest BCUT2D eigenvalue weighted by atomic mass is 10.1. The van der Waals surface area contributed by atoms with Crippen LogP contribution in [0.1, 0.15) is 31.2 Å². The van der Waals surface area contributed by atoms with Crippen LogP contribution < -0.4 is 11.1 Å². The molecule has 15 heavy (non-hydrogen) atoms. The molecule has 1 aromatic heterocycles. The molecule has 0 bridgehead atoms. The van der Waals surface area contributed by atoms with Gasteiger partial charge < -0.3 is 11.1 Å². The third-order valence-electron chi connectivity index (χ3n) is 2.86. The summed E-state index contributed by atoms with van der Waals surface area (Å²) >= 11 is 1.28. The van der Waals surface area contributed by atoms with Crippen LogP contribution in [-0.2, 0) is 0 Å². The summed E-state index contributed by atoms with van der Waals surface area (Å²) < 4.78 is 3.97. The van der Waals surface area contributed by atoms with Crippen molar-refractivity contribution in [3.63, 3.8) is 0 Å². The molecular weight excluding hydrogens is 208 g/mol. The average molecular weight is 222 g/mol. The van der Waals surface area contributed by atoms with Gasteiger partial charge in [-0.2, -0.15) is 9.64 Å². The highest BCUT2D eigenvalue weighted by Gasteiger charge is 2.16. The highest BCUT2D eigenvalue weighted by Crippen LogP contribution is 2.28. The lowest BCUT2D eigenvalue weighted by Gasteiger charge is -2.09. The van der Waals surface area contributed by atoms with Gasteiger partial charge in [0.15, 0.2) is 5.82 Å². The van der Waals surface area contributed by atoms with Gasteiger partial charge in [-0.25, -0.2) is 0 Å². The van der Waals surface area contributed by atoms with E-state index in [0.717, 1.165) is 17.5 Å². The molecule has 0 atom stereocenters. The SMILES string of the molecule is N#Cc1c(N)nsc1NCC1CCCC1. The van der Waals surface area contributed by atoms with Crippen molar-refractivity contribution in [1.82, 2.24) is 4.37 Å². The van der Waals surface area contributed by atoms with Crippen LogP contribution in [0.3, 0.4) is 0 Å². The number of nitriles is 1. The van der Waals surface area contributed by atoms with E-state index >= 15 is 0 Å². The van der Waals surface area contributed by atoms with Gasteiger partial charge >= 0.3 is 0 Å². The first kappa shape index (κ1) is 10.2. The average Bonchev–Trinajstić information content (AvgIpc) is 2.84. The summed E-state index contributed by atoms with van der Waals surface area (Å²) in [5.41, 5.74) is 6.07. The van der Waals surface area contributed by atoms with Crippen molar-refractivity contribution in [1.29, 1.82) is 5.26 Å². The Morgan fingerprint density at radius 3 is 2.93 bits per heavy atom. The highest BCUT2D eigenvalue weighted by molar-refractivity contribution is 7.10. The first-order chi connectivity index (χ1) is 7.31. The number of nitrogens with two attached hydrogens (primary N) is 1. The molecule has 3 N–H and O–H groups in total. The van der Waals surface area contributed by atoms with Gasteiger partial charge in [-0.15, -0.1) is 0 Å². The zero-order valence-electron chi connectivity index (χ0n) is 8.49. The van der Waals surface area contributed by atoms with E-state index in [1.165, 1.54) is 37.2 Å². The van der Waals surface area contributed by atoms with E-state index in [4.69, 9.17) is 11.0 Å². The zero-order chi connectivity index (χ0) is 10.7. The van der Waals surface area contributed by atoms with Crippen LogP contribution >= 0.6 is 11.5 Å². The second-order valence-corrected chi connectivity index (χ2v) is 4.69. The van der Waals surface area contributed by atoms with Crippen molar-refractivity contribution in [2.24, 2.45) is 5.92 Å². The van der Waals surface area contributed by atoms with E-state index in [0.29, 0.717) is 11.4 Å². The van der Waals surface area contributed by atoms with Crippen LogP contribution in [0.25, 0.3) is 0 Å². The number of nitrogens with zero attached hydrogens (tertiary/aromatic N) is 2.